The van der Waals surface area contributed by atoms with E-state index in [0.29, 0.717) is 12.2 Å². The number of likely N-dealkylation sites (tertiary alicyclic amines) is 1. The van der Waals surface area contributed by atoms with Gasteiger partial charge in [-0.15, -0.1) is 0 Å². The van der Waals surface area contributed by atoms with Gasteiger partial charge in [0, 0.05) is 30.7 Å². The Hall–Kier alpha value is -3.10. The second kappa shape index (κ2) is 10.0. The normalized spacial score (nSPS) is 16.5. The summed E-state index contributed by atoms with van der Waals surface area (Å²) in [6.45, 7) is 11.6. The first-order chi connectivity index (χ1) is 14.7. The van der Waals surface area contributed by atoms with E-state index in [2.05, 4.69) is 16.0 Å². The van der Waals surface area contributed by atoms with Crippen LogP contribution in [0.15, 0.2) is 24.3 Å². The van der Waals surface area contributed by atoms with Crippen molar-refractivity contribution in [2.45, 2.75) is 65.6 Å². The lowest BCUT2D eigenvalue weighted by atomic mass is 10.1. The predicted molar refractivity (Wildman–Crippen MR) is 121 cm³/mol. The minimum Gasteiger partial charge on any atom is -0.444 e. The molecule has 0 radical (unpaired) electrons. The van der Waals surface area contributed by atoms with Gasteiger partial charge < -0.3 is 25.6 Å². The van der Waals surface area contributed by atoms with Crippen LogP contribution in [0.3, 0.4) is 0 Å². The first kappa shape index (κ1) is 25.2. The van der Waals surface area contributed by atoms with Crippen LogP contribution < -0.4 is 16.0 Å². The van der Waals surface area contributed by atoms with E-state index in [4.69, 9.17) is 4.74 Å². The SMILES string of the molecule is CC(C)(C)OC(=O)NCC(=O)NCc1ccc(NC(=O)C2CC(=O)N(C(C)(C)C)C2)cc1. The number of rotatable bonds is 6. The van der Waals surface area contributed by atoms with Gasteiger partial charge in [-0.25, -0.2) is 4.79 Å². The van der Waals surface area contributed by atoms with Gasteiger partial charge in [-0.3, -0.25) is 14.4 Å². The molecule has 1 aliphatic heterocycles. The third-order valence-electron chi connectivity index (χ3n) is 4.81. The number of nitrogens with zero attached hydrogens (tertiary/aromatic N) is 1. The zero-order valence-electron chi connectivity index (χ0n) is 19.7. The van der Waals surface area contributed by atoms with Crippen molar-refractivity contribution in [2.24, 2.45) is 5.92 Å². The first-order valence-electron chi connectivity index (χ1n) is 10.7. The maximum atomic E-state index is 12.6. The van der Waals surface area contributed by atoms with E-state index in [0.717, 1.165) is 5.56 Å². The largest absolute Gasteiger partial charge is 0.444 e. The molecule has 1 unspecified atom stereocenters. The zero-order valence-corrected chi connectivity index (χ0v) is 19.7. The Kier molecular flexibility index (Phi) is 7.87. The summed E-state index contributed by atoms with van der Waals surface area (Å²) in [5, 5.41) is 7.96. The molecule has 1 saturated heterocycles. The first-order valence-corrected chi connectivity index (χ1v) is 10.7. The predicted octanol–water partition coefficient (Wildman–Crippen LogP) is 2.41. The molecule has 0 bridgehead atoms. The number of carbonyl (C=O) groups is 4. The van der Waals surface area contributed by atoms with Crippen molar-refractivity contribution in [1.29, 1.82) is 0 Å². The Labute approximate surface area is 189 Å². The monoisotopic (exact) mass is 446 g/mol. The number of hydrogen-bond donors (Lipinski definition) is 3. The van der Waals surface area contributed by atoms with E-state index in [-0.39, 0.29) is 48.7 Å². The van der Waals surface area contributed by atoms with Gasteiger partial charge in [-0.05, 0) is 59.2 Å². The van der Waals surface area contributed by atoms with Gasteiger partial charge in [0.2, 0.25) is 17.7 Å². The van der Waals surface area contributed by atoms with Crippen molar-refractivity contribution in [3.63, 3.8) is 0 Å². The maximum Gasteiger partial charge on any atom is 0.408 e. The number of nitrogens with one attached hydrogen (secondary N) is 3. The molecule has 1 heterocycles. The van der Waals surface area contributed by atoms with Crippen LogP contribution in [0.1, 0.15) is 53.5 Å². The third-order valence-corrected chi connectivity index (χ3v) is 4.81. The van der Waals surface area contributed by atoms with Gasteiger partial charge in [0.1, 0.15) is 12.1 Å². The van der Waals surface area contributed by atoms with E-state index >= 15 is 0 Å². The lowest BCUT2D eigenvalue weighted by Crippen LogP contribution is -2.42. The molecule has 9 nitrogen and oxygen atoms in total. The van der Waals surface area contributed by atoms with Crippen LogP contribution in [0.4, 0.5) is 10.5 Å². The van der Waals surface area contributed by atoms with Gasteiger partial charge >= 0.3 is 6.09 Å². The summed E-state index contributed by atoms with van der Waals surface area (Å²) in [4.78, 5) is 50.0. The topological polar surface area (TPSA) is 117 Å². The van der Waals surface area contributed by atoms with Gasteiger partial charge in [-0.2, -0.15) is 0 Å². The van der Waals surface area contributed by atoms with Crippen LogP contribution in [-0.2, 0) is 25.7 Å². The molecule has 1 aliphatic rings. The minimum atomic E-state index is -0.651. The molecule has 32 heavy (non-hydrogen) atoms. The average molecular weight is 447 g/mol. The Morgan fingerprint density at radius 1 is 1.03 bits per heavy atom. The Morgan fingerprint density at radius 3 is 2.19 bits per heavy atom. The van der Waals surface area contributed by atoms with Crippen molar-refractivity contribution in [1.82, 2.24) is 15.5 Å². The van der Waals surface area contributed by atoms with Crippen LogP contribution in [0.25, 0.3) is 0 Å². The molecule has 2 rings (SSSR count). The summed E-state index contributed by atoms with van der Waals surface area (Å²) in [6.07, 6.45) is -0.438. The van der Waals surface area contributed by atoms with Crippen LogP contribution >= 0.6 is 0 Å². The van der Waals surface area contributed by atoms with Gasteiger partial charge in [0.15, 0.2) is 0 Å². The summed E-state index contributed by atoms with van der Waals surface area (Å²) < 4.78 is 5.07. The number of benzene rings is 1. The highest BCUT2D eigenvalue weighted by Crippen LogP contribution is 2.26. The second-order valence-corrected chi connectivity index (χ2v) is 9.89. The van der Waals surface area contributed by atoms with Crippen LogP contribution in [0.2, 0.25) is 0 Å². The van der Waals surface area contributed by atoms with Crippen molar-refractivity contribution in [3.05, 3.63) is 29.8 Å². The van der Waals surface area contributed by atoms with Crippen molar-refractivity contribution >= 4 is 29.5 Å². The lowest BCUT2D eigenvalue weighted by Gasteiger charge is -2.31. The van der Waals surface area contributed by atoms with Gasteiger partial charge in [0.05, 0.1) is 5.92 Å². The summed E-state index contributed by atoms with van der Waals surface area (Å²) in [7, 11) is 0. The Balaban J connectivity index is 1.77. The van der Waals surface area contributed by atoms with E-state index < -0.39 is 11.7 Å². The number of amides is 4. The molecule has 1 fully saturated rings. The van der Waals surface area contributed by atoms with Crippen molar-refractivity contribution in [3.8, 4) is 0 Å². The maximum absolute atomic E-state index is 12.6. The van der Waals surface area contributed by atoms with E-state index in [1.807, 2.05) is 20.8 Å². The molecule has 0 aliphatic carbocycles. The summed E-state index contributed by atoms with van der Waals surface area (Å²) in [6, 6.07) is 7.07. The highest BCUT2D eigenvalue weighted by molar-refractivity contribution is 5.97. The average Bonchev–Trinajstić information content (AvgIpc) is 3.07. The molecule has 0 aromatic heterocycles. The minimum absolute atomic E-state index is 0.00935. The molecular formula is C23H34N4O5. The molecule has 1 aromatic rings. The molecule has 0 saturated carbocycles. The van der Waals surface area contributed by atoms with Gasteiger partial charge in [0.25, 0.3) is 0 Å². The number of alkyl carbamates (subject to hydrolysis) is 1. The summed E-state index contributed by atoms with van der Waals surface area (Å²) >= 11 is 0. The standard InChI is InChI=1S/C23H34N4O5/c1-22(2,3)27-14-16(11-19(27)29)20(30)26-17-9-7-15(8-10-17)12-24-18(28)13-25-21(31)32-23(4,5)6/h7-10,16H,11-14H2,1-6H3,(H,24,28)(H,25,31)(H,26,30). The number of anilines is 1. The van der Waals surface area contributed by atoms with E-state index in [1.54, 1.807) is 49.9 Å². The smallest absolute Gasteiger partial charge is 0.408 e. The molecule has 0 spiro atoms. The lowest BCUT2D eigenvalue weighted by molar-refractivity contribution is -0.131. The van der Waals surface area contributed by atoms with Crippen LogP contribution in [0.5, 0.6) is 0 Å². The number of carbonyl (C=O) groups excluding carboxylic acids is 4. The highest BCUT2D eigenvalue weighted by Gasteiger charge is 2.39. The quantitative estimate of drug-likeness (QED) is 0.620. The summed E-state index contributed by atoms with van der Waals surface area (Å²) in [5.74, 6) is -0.912. The Bertz CT molecular complexity index is 853. The number of ether oxygens (including phenoxy) is 1. The summed E-state index contributed by atoms with van der Waals surface area (Å²) in [5.41, 5.74) is 0.527. The third kappa shape index (κ3) is 7.86. The fourth-order valence-corrected chi connectivity index (χ4v) is 3.21. The molecule has 176 valence electrons. The van der Waals surface area contributed by atoms with E-state index in [9.17, 15) is 19.2 Å². The molecule has 9 heteroatoms. The van der Waals surface area contributed by atoms with Crippen molar-refractivity contribution in [2.75, 3.05) is 18.4 Å². The number of hydrogen-bond acceptors (Lipinski definition) is 5. The van der Waals surface area contributed by atoms with E-state index in [1.165, 1.54) is 0 Å². The molecular weight excluding hydrogens is 412 g/mol. The van der Waals surface area contributed by atoms with Crippen LogP contribution in [-0.4, -0.2) is 52.9 Å². The highest BCUT2D eigenvalue weighted by atomic mass is 16.6. The zero-order chi connectivity index (χ0) is 24.1. The van der Waals surface area contributed by atoms with Gasteiger partial charge in [-0.1, -0.05) is 12.1 Å². The van der Waals surface area contributed by atoms with Crippen LogP contribution in [0, 0.1) is 5.92 Å². The molecule has 4 amide bonds. The Morgan fingerprint density at radius 2 is 1.66 bits per heavy atom. The van der Waals surface area contributed by atoms with Crippen molar-refractivity contribution < 1.29 is 23.9 Å². The fraction of sp³-hybridized carbons (Fsp3) is 0.565. The molecule has 3 N–H and O–H groups in total. The molecule has 1 aromatic carbocycles. The molecule has 1 atom stereocenters. The fourth-order valence-electron chi connectivity index (χ4n) is 3.21. The second-order valence-electron chi connectivity index (χ2n) is 9.89.